The normalized spacial score (nSPS) is 11.3. The highest BCUT2D eigenvalue weighted by atomic mass is 35.5. The van der Waals surface area contributed by atoms with E-state index in [1.165, 1.54) is 12.4 Å². The Morgan fingerprint density at radius 3 is 2.53 bits per heavy atom. The molecule has 7 heteroatoms. The van der Waals surface area contributed by atoms with Crippen LogP contribution in [0.5, 0.6) is 0 Å². The average molecular weight is 433 g/mol. The third-order valence-corrected chi connectivity index (χ3v) is 5.46. The molecule has 5 rings (SSSR count). The molecule has 0 aliphatic carbocycles. The lowest BCUT2D eigenvalue weighted by atomic mass is 10.0. The number of aromatic nitrogens is 4. The lowest BCUT2D eigenvalue weighted by molar-refractivity contribution is 0.0992. The van der Waals surface area contributed by atoms with Gasteiger partial charge in [0.2, 0.25) is 0 Å². The molecule has 3 heterocycles. The van der Waals surface area contributed by atoms with E-state index in [1.54, 1.807) is 18.2 Å². The standard InChI is InChI=1S/C23H14Cl2N4O/c24-16-11-26-12-17(25)22(16)23-28-19-8-6-14(9-20(19)29-23)21(30)10-15-7-5-13-3-1-2-4-18(13)27-15/h1-9,11-12H,10H2,(H,28,29). The van der Waals surface area contributed by atoms with Crippen molar-refractivity contribution in [2.24, 2.45) is 0 Å². The first-order chi connectivity index (χ1) is 14.6. The molecule has 0 aliphatic rings. The summed E-state index contributed by atoms with van der Waals surface area (Å²) >= 11 is 12.5. The molecule has 5 aromatic rings. The highest BCUT2D eigenvalue weighted by Gasteiger charge is 2.15. The zero-order valence-corrected chi connectivity index (χ0v) is 17.1. The van der Waals surface area contributed by atoms with Crippen molar-refractivity contribution in [3.63, 3.8) is 0 Å². The summed E-state index contributed by atoms with van der Waals surface area (Å²) in [5.74, 6) is 0.513. The van der Waals surface area contributed by atoms with Crippen LogP contribution in [0, 0.1) is 0 Å². The summed E-state index contributed by atoms with van der Waals surface area (Å²) in [4.78, 5) is 29.2. The van der Waals surface area contributed by atoms with Crippen LogP contribution in [0.4, 0.5) is 0 Å². The number of hydrogen-bond donors (Lipinski definition) is 1. The zero-order chi connectivity index (χ0) is 20.7. The molecule has 0 atom stereocenters. The van der Waals surface area contributed by atoms with Gasteiger partial charge in [-0.05, 0) is 30.3 Å². The van der Waals surface area contributed by atoms with Gasteiger partial charge in [0.25, 0.3) is 0 Å². The second kappa shape index (κ2) is 7.52. The molecule has 3 aromatic heterocycles. The summed E-state index contributed by atoms with van der Waals surface area (Å²) in [5.41, 5.74) is 4.22. The van der Waals surface area contributed by atoms with E-state index in [0.29, 0.717) is 32.5 Å². The lowest BCUT2D eigenvalue weighted by Crippen LogP contribution is -2.05. The van der Waals surface area contributed by atoms with Gasteiger partial charge in [0.1, 0.15) is 5.82 Å². The Morgan fingerprint density at radius 2 is 1.70 bits per heavy atom. The summed E-state index contributed by atoms with van der Waals surface area (Å²) in [6.07, 6.45) is 3.25. The van der Waals surface area contributed by atoms with Crippen LogP contribution in [-0.4, -0.2) is 25.7 Å². The van der Waals surface area contributed by atoms with Crippen molar-refractivity contribution in [1.29, 1.82) is 0 Å². The zero-order valence-electron chi connectivity index (χ0n) is 15.6. The summed E-state index contributed by atoms with van der Waals surface area (Å²) in [6, 6.07) is 17.1. The summed E-state index contributed by atoms with van der Waals surface area (Å²) in [7, 11) is 0. The number of pyridine rings is 2. The fraction of sp³-hybridized carbons (Fsp3) is 0.0435. The number of rotatable bonds is 4. The van der Waals surface area contributed by atoms with Gasteiger partial charge in [-0.3, -0.25) is 14.8 Å². The van der Waals surface area contributed by atoms with E-state index in [4.69, 9.17) is 23.2 Å². The van der Waals surface area contributed by atoms with E-state index < -0.39 is 0 Å². The maximum atomic E-state index is 12.9. The number of H-pyrrole nitrogens is 1. The Hall–Kier alpha value is -3.28. The molecule has 0 amide bonds. The van der Waals surface area contributed by atoms with Crippen LogP contribution in [0.1, 0.15) is 16.1 Å². The Kier molecular flexibility index (Phi) is 4.69. The minimum absolute atomic E-state index is 0.0178. The molecule has 146 valence electrons. The number of hydrogen-bond acceptors (Lipinski definition) is 4. The molecule has 5 nitrogen and oxygen atoms in total. The quantitative estimate of drug-likeness (QED) is 0.358. The monoisotopic (exact) mass is 432 g/mol. The molecular weight excluding hydrogens is 419 g/mol. The van der Waals surface area contributed by atoms with Crippen molar-refractivity contribution in [3.8, 4) is 11.4 Å². The van der Waals surface area contributed by atoms with E-state index in [9.17, 15) is 4.79 Å². The molecule has 0 fully saturated rings. The van der Waals surface area contributed by atoms with Crippen LogP contribution in [0.15, 0.2) is 67.0 Å². The van der Waals surface area contributed by atoms with Crippen molar-refractivity contribution in [2.45, 2.75) is 6.42 Å². The molecule has 0 spiro atoms. The van der Waals surface area contributed by atoms with Gasteiger partial charge in [-0.25, -0.2) is 4.98 Å². The van der Waals surface area contributed by atoms with Crippen molar-refractivity contribution in [1.82, 2.24) is 19.9 Å². The first kappa shape index (κ1) is 18.7. The first-order valence-electron chi connectivity index (χ1n) is 9.25. The number of halogens is 2. The summed E-state index contributed by atoms with van der Waals surface area (Å²) in [6.45, 7) is 0. The highest BCUT2D eigenvalue weighted by molar-refractivity contribution is 6.38. The van der Waals surface area contributed by atoms with Crippen LogP contribution in [0.3, 0.4) is 0 Å². The molecule has 0 radical (unpaired) electrons. The number of carbonyl (C=O) groups excluding carboxylic acids is 1. The topological polar surface area (TPSA) is 71.5 Å². The average Bonchev–Trinajstić information content (AvgIpc) is 3.16. The van der Waals surface area contributed by atoms with E-state index >= 15 is 0 Å². The van der Waals surface area contributed by atoms with Crippen LogP contribution >= 0.6 is 23.2 Å². The van der Waals surface area contributed by atoms with Crippen molar-refractivity contribution < 1.29 is 4.79 Å². The van der Waals surface area contributed by atoms with Gasteiger partial charge in [-0.1, -0.05) is 47.5 Å². The van der Waals surface area contributed by atoms with E-state index in [0.717, 1.165) is 22.1 Å². The first-order valence-corrected chi connectivity index (χ1v) is 10.0. The molecule has 0 saturated heterocycles. The van der Waals surface area contributed by atoms with Gasteiger partial charge in [-0.2, -0.15) is 0 Å². The van der Waals surface area contributed by atoms with Gasteiger partial charge >= 0.3 is 0 Å². The third kappa shape index (κ3) is 3.43. The molecule has 30 heavy (non-hydrogen) atoms. The minimum atomic E-state index is -0.0178. The van der Waals surface area contributed by atoms with Gasteiger partial charge in [0.15, 0.2) is 5.78 Å². The fourth-order valence-corrected chi connectivity index (χ4v) is 3.96. The van der Waals surface area contributed by atoms with Gasteiger partial charge < -0.3 is 4.98 Å². The SMILES string of the molecule is O=C(Cc1ccc2ccccc2n1)c1ccc2nc(-c3c(Cl)cncc3Cl)[nH]c2c1. The van der Waals surface area contributed by atoms with Crippen LogP contribution in [0.25, 0.3) is 33.3 Å². The second-order valence-corrected chi connectivity index (χ2v) is 7.71. The third-order valence-electron chi connectivity index (χ3n) is 4.89. The van der Waals surface area contributed by atoms with E-state index in [1.807, 2.05) is 36.4 Å². The molecule has 0 unspecified atom stereocenters. The highest BCUT2D eigenvalue weighted by Crippen LogP contribution is 2.33. The maximum Gasteiger partial charge on any atom is 0.168 e. The largest absolute Gasteiger partial charge is 0.338 e. The van der Waals surface area contributed by atoms with Crippen molar-refractivity contribution >= 4 is 50.9 Å². The molecule has 1 N–H and O–H groups in total. The van der Waals surface area contributed by atoms with Gasteiger partial charge in [-0.15, -0.1) is 0 Å². The number of imidazole rings is 1. The summed E-state index contributed by atoms with van der Waals surface area (Å²) in [5, 5.41) is 1.86. The lowest BCUT2D eigenvalue weighted by Gasteiger charge is -2.03. The number of aromatic amines is 1. The van der Waals surface area contributed by atoms with Gasteiger partial charge in [0.05, 0.1) is 38.6 Å². The number of Topliss-reactive ketones (excluding diaryl/α,β-unsaturated/α-hetero) is 1. The van der Waals surface area contributed by atoms with Crippen LogP contribution < -0.4 is 0 Å². The molecule has 0 aliphatic heterocycles. The number of ketones is 1. The molecule has 0 saturated carbocycles. The minimum Gasteiger partial charge on any atom is -0.338 e. The van der Waals surface area contributed by atoms with E-state index in [-0.39, 0.29) is 12.2 Å². The number of benzene rings is 2. The van der Waals surface area contributed by atoms with Crippen LogP contribution in [-0.2, 0) is 6.42 Å². The maximum absolute atomic E-state index is 12.9. The number of fused-ring (bicyclic) bond motifs is 2. The molecule has 0 bridgehead atoms. The number of para-hydroxylation sites is 1. The Morgan fingerprint density at radius 1 is 0.900 bits per heavy atom. The Bertz CT molecular complexity index is 1410. The fourth-order valence-electron chi connectivity index (χ4n) is 3.41. The number of carbonyl (C=O) groups is 1. The smallest absolute Gasteiger partial charge is 0.168 e. The molecular formula is C23H14Cl2N4O. The second-order valence-electron chi connectivity index (χ2n) is 6.89. The van der Waals surface area contributed by atoms with Crippen molar-refractivity contribution in [2.75, 3.05) is 0 Å². The van der Waals surface area contributed by atoms with Gasteiger partial charge in [0, 0.05) is 29.0 Å². The van der Waals surface area contributed by atoms with E-state index in [2.05, 4.69) is 19.9 Å². The van der Waals surface area contributed by atoms with Crippen molar-refractivity contribution in [3.05, 3.63) is 88.3 Å². The van der Waals surface area contributed by atoms with Crippen LogP contribution in [0.2, 0.25) is 10.0 Å². The number of nitrogens with one attached hydrogen (secondary N) is 1. The molecule has 2 aromatic carbocycles. The Balaban J connectivity index is 1.46. The summed E-state index contributed by atoms with van der Waals surface area (Å²) < 4.78 is 0. The predicted molar refractivity (Wildman–Crippen MR) is 119 cm³/mol. The number of nitrogens with zero attached hydrogens (tertiary/aromatic N) is 3. The Labute approximate surface area is 181 Å². The predicted octanol–water partition coefficient (Wildman–Crippen LogP) is 5.91.